The number of nitrogens with zero attached hydrogens (tertiary/aromatic N) is 2. The summed E-state index contributed by atoms with van der Waals surface area (Å²) in [5.41, 5.74) is 4.80. The Hall–Kier alpha value is -3.71. The van der Waals surface area contributed by atoms with Crippen LogP contribution >= 0.6 is 11.3 Å². The van der Waals surface area contributed by atoms with Gasteiger partial charge in [-0.05, 0) is 48.9 Å². The van der Waals surface area contributed by atoms with Crippen LogP contribution in [-0.4, -0.2) is 27.6 Å². The van der Waals surface area contributed by atoms with Gasteiger partial charge in [-0.25, -0.2) is 14.8 Å². The minimum atomic E-state index is -1.08. The number of carboxylic acid groups (broad SMARTS) is 1. The van der Waals surface area contributed by atoms with E-state index in [0.29, 0.717) is 5.58 Å². The van der Waals surface area contributed by atoms with Crippen molar-refractivity contribution in [2.75, 3.05) is 11.9 Å². The van der Waals surface area contributed by atoms with E-state index < -0.39 is 5.97 Å². The van der Waals surface area contributed by atoms with Gasteiger partial charge in [0.1, 0.15) is 17.7 Å². The van der Waals surface area contributed by atoms with E-state index in [1.807, 2.05) is 29.5 Å². The van der Waals surface area contributed by atoms with Gasteiger partial charge in [0.2, 0.25) is 5.76 Å². The van der Waals surface area contributed by atoms with Crippen molar-refractivity contribution in [1.82, 2.24) is 9.97 Å². The maximum Gasteiger partial charge on any atom is 0.371 e. The molecule has 0 saturated carbocycles. The minimum absolute atomic E-state index is 0.0753. The van der Waals surface area contributed by atoms with Gasteiger partial charge in [0.05, 0.1) is 5.69 Å². The van der Waals surface area contributed by atoms with Gasteiger partial charge in [-0.1, -0.05) is 30.3 Å². The topological polar surface area (TPSA) is 88.2 Å². The number of hydrogen-bond donors (Lipinski definition) is 2. The van der Waals surface area contributed by atoms with Crippen LogP contribution in [0.3, 0.4) is 0 Å². The summed E-state index contributed by atoms with van der Waals surface area (Å²) in [6.45, 7) is 5.10. The zero-order valence-electron chi connectivity index (χ0n) is 17.7. The van der Waals surface area contributed by atoms with Gasteiger partial charge >= 0.3 is 5.97 Å². The molecule has 0 aliphatic heterocycles. The highest BCUT2D eigenvalue weighted by molar-refractivity contribution is 7.19. The highest BCUT2D eigenvalue weighted by Gasteiger charge is 2.13. The Kier molecular flexibility index (Phi) is 5.11. The molecule has 160 valence electrons. The second kappa shape index (κ2) is 8.09. The lowest BCUT2D eigenvalue weighted by Gasteiger charge is -2.08. The first kappa shape index (κ1) is 20.2. The van der Waals surface area contributed by atoms with E-state index in [9.17, 15) is 4.79 Å². The molecule has 2 N–H and O–H groups in total. The summed E-state index contributed by atoms with van der Waals surface area (Å²) < 4.78 is 6.79. The number of nitrogens with one attached hydrogen (secondary N) is 1. The zero-order chi connectivity index (χ0) is 22.2. The molecule has 3 aromatic heterocycles. The molecule has 7 heteroatoms. The third-order valence-corrected chi connectivity index (χ3v) is 6.89. The lowest BCUT2D eigenvalue weighted by atomic mass is 10.1. The van der Waals surface area contributed by atoms with Crippen molar-refractivity contribution in [3.05, 3.63) is 76.6 Å². The van der Waals surface area contributed by atoms with Crippen molar-refractivity contribution in [3.63, 3.8) is 0 Å². The van der Waals surface area contributed by atoms with Crippen LogP contribution in [0, 0.1) is 13.8 Å². The van der Waals surface area contributed by atoms with E-state index in [0.717, 1.165) is 35.4 Å². The van der Waals surface area contributed by atoms with Crippen LogP contribution in [-0.2, 0) is 6.42 Å². The maximum absolute atomic E-state index is 11.1. The fraction of sp³-hybridized carbons (Fsp3) is 0.160. The Labute approximate surface area is 188 Å². The van der Waals surface area contributed by atoms with E-state index in [1.54, 1.807) is 6.07 Å². The molecule has 0 unspecified atom stereocenters. The van der Waals surface area contributed by atoms with Gasteiger partial charge < -0.3 is 14.8 Å². The summed E-state index contributed by atoms with van der Waals surface area (Å²) in [6, 6.07) is 15.4. The Morgan fingerprint density at radius 1 is 1.12 bits per heavy atom. The van der Waals surface area contributed by atoms with Crippen LogP contribution < -0.4 is 5.32 Å². The second-order valence-corrected chi connectivity index (χ2v) is 8.95. The monoisotopic (exact) mass is 443 g/mol. The van der Waals surface area contributed by atoms with Crippen LogP contribution in [0.1, 0.15) is 26.6 Å². The molecule has 6 nitrogen and oxygen atoms in total. The number of fused-ring (bicyclic) bond motifs is 2. The van der Waals surface area contributed by atoms with Crippen molar-refractivity contribution in [1.29, 1.82) is 0 Å². The molecule has 0 atom stereocenters. The number of carbonyl (C=O) groups is 1. The Bertz CT molecular complexity index is 1470. The van der Waals surface area contributed by atoms with E-state index >= 15 is 0 Å². The van der Waals surface area contributed by atoms with Crippen molar-refractivity contribution in [3.8, 4) is 11.3 Å². The van der Waals surface area contributed by atoms with Gasteiger partial charge in [0, 0.05) is 33.1 Å². The SMILES string of the molecule is Cc1sc2c(C)cccc2c1CCNc1cc(-c2ccc3cc(C(=O)O)oc3c2)ncn1. The number of furan rings is 1. The summed E-state index contributed by atoms with van der Waals surface area (Å²) >= 11 is 1.86. The molecular weight excluding hydrogens is 422 g/mol. The minimum Gasteiger partial charge on any atom is -0.475 e. The highest BCUT2D eigenvalue weighted by Crippen LogP contribution is 2.33. The lowest BCUT2D eigenvalue weighted by molar-refractivity contribution is 0.0665. The lowest BCUT2D eigenvalue weighted by Crippen LogP contribution is -2.07. The molecule has 5 aromatic rings. The predicted octanol–water partition coefficient (Wildman–Crippen LogP) is 6.07. The average molecular weight is 444 g/mol. The van der Waals surface area contributed by atoms with E-state index in [-0.39, 0.29) is 5.76 Å². The van der Waals surface area contributed by atoms with Gasteiger partial charge in [-0.15, -0.1) is 11.3 Å². The normalized spacial score (nSPS) is 11.3. The standard InChI is InChI=1S/C25H21N3O3S/c1-14-4-3-5-19-18(15(2)32-24(14)19)8-9-26-23-12-20(27-13-28-23)16-6-7-17-11-22(25(29)30)31-21(17)10-16/h3-7,10-13H,8-9H2,1-2H3,(H,29,30)(H,26,27,28). The molecule has 0 fully saturated rings. The fourth-order valence-electron chi connectivity index (χ4n) is 3.96. The number of aromatic carboxylic acids is 1. The molecule has 0 saturated heterocycles. The molecule has 0 amide bonds. The molecule has 0 aliphatic rings. The molecule has 0 spiro atoms. The van der Waals surface area contributed by atoms with Crippen LogP contribution in [0.4, 0.5) is 5.82 Å². The third-order valence-electron chi connectivity index (χ3n) is 5.59. The third kappa shape index (κ3) is 3.71. The number of thiophene rings is 1. The second-order valence-electron chi connectivity index (χ2n) is 7.72. The molecule has 32 heavy (non-hydrogen) atoms. The van der Waals surface area contributed by atoms with Crippen molar-refractivity contribution < 1.29 is 14.3 Å². The van der Waals surface area contributed by atoms with E-state index in [4.69, 9.17) is 9.52 Å². The summed E-state index contributed by atoms with van der Waals surface area (Å²) in [5.74, 6) is -0.414. The Morgan fingerprint density at radius 3 is 2.84 bits per heavy atom. The van der Waals surface area contributed by atoms with E-state index in [1.165, 1.54) is 38.5 Å². The van der Waals surface area contributed by atoms with Crippen LogP contribution in [0.15, 0.2) is 59.3 Å². The Morgan fingerprint density at radius 2 is 2.00 bits per heavy atom. The van der Waals surface area contributed by atoms with Crippen molar-refractivity contribution in [2.24, 2.45) is 0 Å². The number of carboxylic acids is 1. The number of aryl methyl sites for hydroxylation is 2. The summed E-state index contributed by atoms with van der Waals surface area (Å²) in [7, 11) is 0. The van der Waals surface area contributed by atoms with Gasteiger partial charge in [0.25, 0.3) is 0 Å². The highest BCUT2D eigenvalue weighted by atomic mass is 32.1. The number of hydrogen-bond acceptors (Lipinski definition) is 6. The zero-order valence-corrected chi connectivity index (χ0v) is 18.5. The predicted molar refractivity (Wildman–Crippen MR) is 128 cm³/mol. The smallest absolute Gasteiger partial charge is 0.371 e. The molecule has 0 bridgehead atoms. The average Bonchev–Trinajstić information content (AvgIpc) is 3.36. The molecule has 2 aromatic carbocycles. The molecule has 5 rings (SSSR count). The first-order valence-electron chi connectivity index (χ1n) is 10.3. The number of rotatable bonds is 6. The van der Waals surface area contributed by atoms with Gasteiger partial charge in [-0.3, -0.25) is 0 Å². The first-order chi connectivity index (χ1) is 15.5. The molecule has 3 heterocycles. The number of aromatic nitrogens is 2. The summed E-state index contributed by atoms with van der Waals surface area (Å²) in [6.07, 6.45) is 2.44. The number of anilines is 1. The number of benzene rings is 2. The Balaban J connectivity index is 1.34. The van der Waals surface area contributed by atoms with Gasteiger partial charge in [-0.2, -0.15) is 0 Å². The van der Waals surface area contributed by atoms with Gasteiger partial charge in [0.15, 0.2) is 0 Å². The van der Waals surface area contributed by atoms with Crippen LogP contribution in [0.2, 0.25) is 0 Å². The van der Waals surface area contributed by atoms with Crippen molar-refractivity contribution in [2.45, 2.75) is 20.3 Å². The largest absolute Gasteiger partial charge is 0.475 e. The first-order valence-corrected chi connectivity index (χ1v) is 11.1. The molecule has 0 aliphatic carbocycles. The van der Waals surface area contributed by atoms with Crippen LogP contribution in [0.5, 0.6) is 0 Å². The molecular formula is C25H21N3O3S. The summed E-state index contributed by atoms with van der Waals surface area (Å²) in [4.78, 5) is 21.2. The van der Waals surface area contributed by atoms with E-state index in [2.05, 4.69) is 47.3 Å². The quantitative estimate of drug-likeness (QED) is 0.331. The van der Waals surface area contributed by atoms with Crippen molar-refractivity contribution >= 4 is 44.2 Å². The summed E-state index contributed by atoms with van der Waals surface area (Å²) in [5, 5.41) is 14.6. The fourth-order valence-corrected chi connectivity index (χ4v) is 5.14. The molecule has 0 radical (unpaired) electrons. The van der Waals surface area contributed by atoms with Crippen LogP contribution in [0.25, 0.3) is 32.3 Å². The maximum atomic E-state index is 11.1.